The van der Waals surface area contributed by atoms with Crippen molar-refractivity contribution in [2.24, 2.45) is 0 Å². The standard InChI is InChI=1S/C22H16ClN3O2/c1-14-11-18(23)7-10-20(14)26-22(28)17-4-2-3-16(12-17)21(27)25-19-8-5-15(13-24)6-9-19/h2-12H,1H3,(H,25,27)(H,26,28). The van der Waals surface area contributed by atoms with E-state index in [0.29, 0.717) is 33.1 Å². The van der Waals surface area contributed by atoms with Gasteiger partial charge >= 0.3 is 0 Å². The van der Waals surface area contributed by atoms with E-state index in [9.17, 15) is 9.59 Å². The van der Waals surface area contributed by atoms with Gasteiger partial charge in [-0.05, 0) is 73.2 Å². The summed E-state index contributed by atoms with van der Waals surface area (Å²) in [6.45, 7) is 1.85. The highest BCUT2D eigenvalue weighted by Gasteiger charge is 2.12. The normalized spacial score (nSPS) is 10.0. The van der Waals surface area contributed by atoms with Crippen LogP contribution in [-0.4, -0.2) is 11.8 Å². The number of rotatable bonds is 4. The number of nitrogens with one attached hydrogen (secondary N) is 2. The predicted octanol–water partition coefficient (Wildman–Crippen LogP) is 5.02. The van der Waals surface area contributed by atoms with Crippen LogP contribution in [0.25, 0.3) is 0 Å². The Balaban J connectivity index is 1.74. The molecule has 3 rings (SSSR count). The summed E-state index contributed by atoms with van der Waals surface area (Å²) in [6.07, 6.45) is 0. The van der Waals surface area contributed by atoms with Crippen molar-refractivity contribution in [3.8, 4) is 6.07 Å². The number of hydrogen-bond donors (Lipinski definition) is 2. The van der Waals surface area contributed by atoms with E-state index in [4.69, 9.17) is 16.9 Å². The minimum Gasteiger partial charge on any atom is -0.322 e. The first-order chi connectivity index (χ1) is 13.5. The van der Waals surface area contributed by atoms with Gasteiger partial charge in [0.15, 0.2) is 0 Å². The van der Waals surface area contributed by atoms with Crippen LogP contribution in [0.15, 0.2) is 66.7 Å². The first-order valence-electron chi connectivity index (χ1n) is 8.45. The third kappa shape index (κ3) is 4.56. The van der Waals surface area contributed by atoms with Crippen molar-refractivity contribution in [3.05, 3.63) is 94.0 Å². The van der Waals surface area contributed by atoms with Crippen LogP contribution < -0.4 is 10.6 Å². The molecule has 0 atom stereocenters. The fourth-order valence-corrected chi connectivity index (χ4v) is 2.82. The Morgan fingerprint density at radius 3 is 2.14 bits per heavy atom. The number of nitriles is 1. The van der Waals surface area contributed by atoms with Gasteiger partial charge in [-0.15, -0.1) is 0 Å². The van der Waals surface area contributed by atoms with Crippen LogP contribution in [0.5, 0.6) is 0 Å². The first kappa shape index (κ1) is 19.2. The van der Waals surface area contributed by atoms with Gasteiger partial charge in [-0.25, -0.2) is 0 Å². The Bertz CT molecular complexity index is 1090. The second kappa shape index (κ2) is 8.38. The third-order valence-corrected chi connectivity index (χ3v) is 4.33. The topological polar surface area (TPSA) is 82.0 Å². The van der Waals surface area contributed by atoms with E-state index in [-0.39, 0.29) is 11.8 Å². The van der Waals surface area contributed by atoms with Gasteiger partial charge in [0.05, 0.1) is 11.6 Å². The Labute approximate surface area is 167 Å². The number of amides is 2. The van der Waals surface area contributed by atoms with Crippen molar-refractivity contribution < 1.29 is 9.59 Å². The molecular weight excluding hydrogens is 374 g/mol. The van der Waals surface area contributed by atoms with Crippen LogP contribution in [0, 0.1) is 18.3 Å². The highest BCUT2D eigenvalue weighted by atomic mass is 35.5. The molecule has 0 saturated heterocycles. The van der Waals surface area contributed by atoms with Gasteiger partial charge in [-0.3, -0.25) is 9.59 Å². The molecule has 0 aliphatic carbocycles. The zero-order valence-electron chi connectivity index (χ0n) is 15.0. The van der Waals surface area contributed by atoms with E-state index in [1.807, 2.05) is 13.0 Å². The van der Waals surface area contributed by atoms with Crippen LogP contribution in [0.2, 0.25) is 5.02 Å². The molecule has 0 unspecified atom stereocenters. The number of carbonyl (C=O) groups excluding carboxylic acids is 2. The molecule has 0 saturated carbocycles. The molecule has 28 heavy (non-hydrogen) atoms. The number of halogens is 1. The zero-order valence-corrected chi connectivity index (χ0v) is 15.7. The van der Waals surface area contributed by atoms with Crippen molar-refractivity contribution in [1.82, 2.24) is 0 Å². The highest BCUT2D eigenvalue weighted by molar-refractivity contribution is 6.30. The van der Waals surface area contributed by atoms with Gasteiger partial charge in [0.2, 0.25) is 0 Å². The smallest absolute Gasteiger partial charge is 0.255 e. The second-order valence-corrected chi connectivity index (χ2v) is 6.57. The second-order valence-electron chi connectivity index (χ2n) is 6.14. The van der Waals surface area contributed by atoms with Crippen LogP contribution in [0.4, 0.5) is 11.4 Å². The number of nitrogens with zero attached hydrogens (tertiary/aromatic N) is 1. The third-order valence-electron chi connectivity index (χ3n) is 4.10. The lowest BCUT2D eigenvalue weighted by Crippen LogP contribution is -2.16. The zero-order chi connectivity index (χ0) is 20.1. The Hall–Kier alpha value is -3.62. The summed E-state index contributed by atoms with van der Waals surface area (Å²) < 4.78 is 0. The molecule has 5 nitrogen and oxygen atoms in total. The Morgan fingerprint density at radius 1 is 0.893 bits per heavy atom. The summed E-state index contributed by atoms with van der Waals surface area (Å²) >= 11 is 5.94. The molecule has 0 radical (unpaired) electrons. The highest BCUT2D eigenvalue weighted by Crippen LogP contribution is 2.20. The maximum absolute atomic E-state index is 12.5. The molecule has 0 bridgehead atoms. The lowest BCUT2D eigenvalue weighted by molar-refractivity contribution is 0.102. The van der Waals surface area contributed by atoms with Gasteiger partial charge in [0.25, 0.3) is 11.8 Å². The summed E-state index contributed by atoms with van der Waals surface area (Å²) in [5.74, 6) is -0.666. The van der Waals surface area contributed by atoms with Crippen molar-refractivity contribution in [3.63, 3.8) is 0 Å². The lowest BCUT2D eigenvalue weighted by Gasteiger charge is -2.10. The van der Waals surface area contributed by atoms with Crippen molar-refractivity contribution in [2.75, 3.05) is 10.6 Å². The van der Waals surface area contributed by atoms with E-state index in [1.165, 1.54) is 6.07 Å². The van der Waals surface area contributed by atoms with Crippen LogP contribution >= 0.6 is 11.6 Å². The maximum Gasteiger partial charge on any atom is 0.255 e. The van der Waals surface area contributed by atoms with Gasteiger partial charge in [-0.2, -0.15) is 5.26 Å². The molecule has 3 aromatic rings. The van der Waals surface area contributed by atoms with Crippen LogP contribution in [-0.2, 0) is 0 Å². The van der Waals surface area contributed by atoms with Crippen molar-refractivity contribution in [2.45, 2.75) is 6.92 Å². The lowest BCUT2D eigenvalue weighted by atomic mass is 10.1. The van der Waals surface area contributed by atoms with Gasteiger partial charge in [-0.1, -0.05) is 17.7 Å². The number of hydrogen-bond acceptors (Lipinski definition) is 3. The molecule has 0 aliphatic heterocycles. The Kier molecular flexibility index (Phi) is 5.73. The SMILES string of the molecule is Cc1cc(Cl)ccc1NC(=O)c1cccc(C(=O)Nc2ccc(C#N)cc2)c1. The van der Waals surface area contributed by atoms with Gasteiger partial charge in [0, 0.05) is 27.5 Å². The molecule has 138 valence electrons. The average molecular weight is 390 g/mol. The van der Waals surface area contributed by atoms with E-state index in [2.05, 4.69) is 10.6 Å². The van der Waals surface area contributed by atoms with Crippen molar-refractivity contribution >= 4 is 34.8 Å². The number of benzene rings is 3. The fraction of sp³-hybridized carbons (Fsp3) is 0.0455. The molecule has 0 spiro atoms. The molecule has 0 aliphatic rings. The number of anilines is 2. The largest absolute Gasteiger partial charge is 0.322 e. The monoisotopic (exact) mass is 389 g/mol. The number of aryl methyl sites for hydroxylation is 1. The molecule has 0 heterocycles. The average Bonchev–Trinajstić information content (AvgIpc) is 2.70. The molecule has 3 aromatic carbocycles. The molecule has 0 aromatic heterocycles. The van der Waals surface area contributed by atoms with E-state index in [1.54, 1.807) is 60.7 Å². The summed E-state index contributed by atoms with van der Waals surface area (Å²) in [6, 6.07) is 20.2. The van der Waals surface area contributed by atoms with Gasteiger partial charge < -0.3 is 10.6 Å². The fourth-order valence-electron chi connectivity index (χ4n) is 2.59. The molecule has 2 amide bonds. The minimum absolute atomic E-state index is 0.321. The van der Waals surface area contributed by atoms with E-state index in [0.717, 1.165) is 5.56 Å². The molecular formula is C22H16ClN3O2. The maximum atomic E-state index is 12.5. The molecule has 6 heteroatoms. The summed E-state index contributed by atoms with van der Waals surface area (Å²) in [5.41, 5.74) is 3.29. The van der Waals surface area contributed by atoms with E-state index < -0.39 is 0 Å². The first-order valence-corrected chi connectivity index (χ1v) is 8.83. The summed E-state index contributed by atoms with van der Waals surface area (Å²) in [5, 5.41) is 15.0. The Morgan fingerprint density at radius 2 is 1.54 bits per heavy atom. The number of carbonyl (C=O) groups is 2. The van der Waals surface area contributed by atoms with Crippen LogP contribution in [0.3, 0.4) is 0 Å². The summed E-state index contributed by atoms with van der Waals surface area (Å²) in [4.78, 5) is 25.0. The van der Waals surface area contributed by atoms with Crippen molar-refractivity contribution in [1.29, 1.82) is 5.26 Å². The quantitative estimate of drug-likeness (QED) is 0.656. The predicted molar refractivity (Wildman–Crippen MR) is 110 cm³/mol. The van der Waals surface area contributed by atoms with Gasteiger partial charge in [0.1, 0.15) is 0 Å². The summed E-state index contributed by atoms with van der Waals surface area (Å²) in [7, 11) is 0. The molecule has 2 N–H and O–H groups in total. The molecule has 0 fully saturated rings. The minimum atomic E-state index is -0.345. The van der Waals surface area contributed by atoms with E-state index >= 15 is 0 Å². The van der Waals surface area contributed by atoms with Crippen LogP contribution in [0.1, 0.15) is 31.8 Å².